The molecule has 4 fully saturated rings. The van der Waals surface area contributed by atoms with Crippen LogP contribution in [0.3, 0.4) is 0 Å². The lowest BCUT2D eigenvalue weighted by atomic mass is 9.43. The van der Waals surface area contributed by atoms with E-state index in [1.165, 1.54) is 13.8 Å². The zero-order chi connectivity index (χ0) is 22.8. The van der Waals surface area contributed by atoms with Crippen molar-refractivity contribution in [3.8, 4) is 0 Å². The van der Waals surface area contributed by atoms with E-state index in [1.807, 2.05) is 13.8 Å². The highest BCUT2D eigenvalue weighted by molar-refractivity contribution is 5.92. The van der Waals surface area contributed by atoms with E-state index in [1.54, 1.807) is 0 Å². The maximum absolute atomic E-state index is 13.4. The molecule has 6 nitrogen and oxygen atoms in total. The summed E-state index contributed by atoms with van der Waals surface area (Å²) >= 11 is 0. The number of esters is 2. The maximum atomic E-state index is 13.4. The van der Waals surface area contributed by atoms with Crippen LogP contribution in [0, 0.1) is 34.5 Å². The molecule has 0 aromatic carbocycles. The third-order valence-electron chi connectivity index (χ3n) is 9.93. The zero-order valence-electron chi connectivity index (χ0n) is 19.6. The molecule has 4 aliphatic carbocycles. The summed E-state index contributed by atoms with van der Waals surface area (Å²) in [5, 5.41) is 12.1. The van der Waals surface area contributed by atoms with Gasteiger partial charge in [0.25, 0.3) is 0 Å². The van der Waals surface area contributed by atoms with Crippen LogP contribution >= 0.6 is 0 Å². The fourth-order valence-electron chi connectivity index (χ4n) is 8.40. The Morgan fingerprint density at radius 1 is 1.03 bits per heavy atom. The topological polar surface area (TPSA) is 89.9 Å². The fourth-order valence-corrected chi connectivity index (χ4v) is 8.40. The van der Waals surface area contributed by atoms with Crippen molar-refractivity contribution in [3.05, 3.63) is 0 Å². The average Bonchev–Trinajstić information content (AvgIpc) is 2.88. The molecular weight excluding hydrogens is 396 g/mol. The van der Waals surface area contributed by atoms with Crippen molar-refractivity contribution < 1.29 is 29.0 Å². The highest BCUT2D eigenvalue weighted by Gasteiger charge is 2.71. The molecule has 0 saturated heterocycles. The van der Waals surface area contributed by atoms with Crippen molar-refractivity contribution in [1.82, 2.24) is 0 Å². The van der Waals surface area contributed by atoms with Crippen molar-refractivity contribution in [2.24, 2.45) is 34.5 Å². The minimum Gasteiger partial charge on any atom is -0.463 e. The van der Waals surface area contributed by atoms with Crippen molar-refractivity contribution in [1.29, 1.82) is 0 Å². The van der Waals surface area contributed by atoms with Gasteiger partial charge in [-0.25, -0.2) is 0 Å². The molecule has 174 valence electrons. The lowest BCUT2D eigenvalue weighted by Gasteiger charge is -2.63. The molecular formula is C25H38O6. The fraction of sp³-hybridized carbons (Fsp3) is 0.880. The summed E-state index contributed by atoms with van der Waals surface area (Å²) in [6.07, 6.45) is 6.10. The first-order chi connectivity index (χ1) is 14.4. The number of aliphatic hydroxyl groups is 1. The van der Waals surface area contributed by atoms with E-state index in [9.17, 15) is 19.5 Å². The number of Topliss-reactive ketones (excluding diaryl/α,β-unsaturated/α-hetero) is 1. The number of ether oxygens (including phenoxy) is 2. The molecule has 0 aromatic heterocycles. The van der Waals surface area contributed by atoms with E-state index in [0.717, 1.165) is 44.9 Å². The predicted molar refractivity (Wildman–Crippen MR) is 114 cm³/mol. The van der Waals surface area contributed by atoms with E-state index >= 15 is 0 Å². The highest BCUT2D eigenvalue weighted by atomic mass is 16.5. The number of fused-ring (bicyclic) bond motifs is 5. The summed E-state index contributed by atoms with van der Waals surface area (Å²) in [7, 11) is 0. The smallest absolute Gasteiger partial charge is 0.302 e. The molecule has 6 heteroatoms. The number of hydrogen-bond donors (Lipinski definition) is 1. The van der Waals surface area contributed by atoms with Gasteiger partial charge >= 0.3 is 11.9 Å². The average molecular weight is 435 g/mol. The maximum Gasteiger partial charge on any atom is 0.302 e. The van der Waals surface area contributed by atoms with Gasteiger partial charge in [-0.15, -0.1) is 0 Å². The standard InChI is InChI=1S/C25H38O6/c1-14(30-15(2)26)21-13-22(28)25(29)20-7-6-17-12-18(31-16(3)27)8-10-23(17,4)19(20)9-11-24(21,25)5/h14,17-21,29H,6-13H2,1-5H3/t14?,17-,18-,19-,20+,21+,23-,24+,25+/m0/s1. The van der Waals surface area contributed by atoms with Gasteiger partial charge in [0, 0.05) is 31.6 Å². The molecule has 0 aliphatic heterocycles. The SMILES string of the molecule is CC(=O)OC(C)[C@H]1CC(=O)[C@]2(O)[C@@H]3CC[C@H]4C[C@@H](OC(C)=O)CC[C@]4(C)[C@H]3CC[C@]12C. The van der Waals surface area contributed by atoms with Crippen molar-refractivity contribution >= 4 is 17.7 Å². The van der Waals surface area contributed by atoms with Gasteiger partial charge in [-0.2, -0.15) is 0 Å². The quantitative estimate of drug-likeness (QED) is 0.679. The molecule has 0 aromatic rings. The number of carbonyl (C=O) groups is 3. The van der Waals surface area contributed by atoms with E-state index in [4.69, 9.17) is 9.47 Å². The number of hydrogen-bond acceptors (Lipinski definition) is 6. The Morgan fingerprint density at radius 3 is 2.39 bits per heavy atom. The minimum atomic E-state index is -1.35. The first kappa shape index (κ1) is 22.8. The Balaban J connectivity index is 1.60. The number of ketones is 1. The summed E-state index contributed by atoms with van der Waals surface area (Å²) in [6.45, 7) is 9.11. The summed E-state index contributed by atoms with van der Waals surface area (Å²) in [5.41, 5.74) is -1.87. The largest absolute Gasteiger partial charge is 0.463 e. The predicted octanol–water partition coefficient (Wildman–Crippen LogP) is 3.82. The van der Waals surface area contributed by atoms with E-state index < -0.39 is 11.0 Å². The Kier molecular flexibility index (Phi) is 5.55. The van der Waals surface area contributed by atoms with Crippen LogP contribution in [0.25, 0.3) is 0 Å². The van der Waals surface area contributed by atoms with Crippen LogP contribution in [-0.4, -0.2) is 40.6 Å². The number of rotatable bonds is 3. The summed E-state index contributed by atoms with van der Waals surface area (Å²) in [5.74, 6) is -0.0922. The van der Waals surface area contributed by atoms with Crippen LogP contribution < -0.4 is 0 Å². The third kappa shape index (κ3) is 3.27. The van der Waals surface area contributed by atoms with Crippen molar-refractivity contribution in [3.63, 3.8) is 0 Å². The third-order valence-corrected chi connectivity index (χ3v) is 9.93. The Labute approximate surface area is 185 Å². The second-order valence-electron chi connectivity index (χ2n) is 11.3. The first-order valence-corrected chi connectivity index (χ1v) is 12.0. The highest BCUT2D eigenvalue weighted by Crippen LogP contribution is 2.68. The van der Waals surface area contributed by atoms with Crippen LogP contribution in [-0.2, 0) is 23.9 Å². The summed E-state index contributed by atoms with van der Waals surface area (Å²) in [4.78, 5) is 36.4. The molecule has 4 saturated carbocycles. The molecule has 1 unspecified atom stereocenters. The molecule has 1 N–H and O–H groups in total. The second-order valence-corrected chi connectivity index (χ2v) is 11.3. The molecule has 0 amide bonds. The van der Waals surface area contributed by atoms with Crippen LogP contribution in [0.4, 0.5) is 0 Å². The Hall–Kier alpha value is -1.43. The van der Waals surface area contributed by atoms with Crippen molar-refractivity contribution in [2.75, 3.05) is 0 Å². The molecule has 0 bridgehead atoms. The van der Waals surface area contributed by atoms with Crippen LogP contribution in [0.5, 0.6) is 0 Å². The summed E-state index contributed by atoms with van der Waals surface area (Å²) in [6, 6.07) is 0. The van der Waals surface area contributed by atoms with Gasteiger partial charge in [-0.1, -0.05) is 13.8 Å². The van der Waals surface area contributed by atoms with Crippen LogP contribution in [0.15, 0.2) is 0 Å². The van der Waals surface area contributed by atoms with E-state index in [0.29, 0.717) is 5.92 Å². The Morgan fingerprint density at radius 2 is 1.74 bits per heavy atom. The van der Waals surface area contributed by atoms with Gasteiger partial charge in [-0.05, 0) is 75.0 Å². The molecule has 4 aliphatic rings. The number of carbonyl (C=O) groups excluding carboxylic acids is 3. The lowest BCUT2D eigenvalue weighted by molar-refractivity contribution is -0.215. The molecule has 31 heavy (non-hydrogen) atoms. The van der Waals surface area contributed by atoms with Gasteiger partial charge in [0.1, 0.15) is 17.8 Å². The second kappa shape index (κ2) is 7.57. The monoisotopic (exact) mass is 434 g/mol. The van der Waals surface area contributed by atoms with E-state index in [-0.39, 0.29) is 59.5 Å². The first-order valence-electron chi connectivity index (χ1n) is 12.0. The van der Waals surface area contributed by atoms with Crippen LogP contribution in [0.2, 0.25) is 0 Å². The molecule has 0 radical (unpaired) electrons. The minimum absolute atomic E-state index is 0.00820. The Bertz CT molecular complexity index is 778. The molecule has 0 heterocycles. The lowest BCUT2D eigenvalue weighted by Crippen LogP contribution is -2.65. The van der Waals surface area contributed by atoms with Gasteiger partial charge < -0.3 is 14.6 Å². The van der Waals surface area contributed by atoms with Gasteiger partial charge in [0.05, 0.1) is 0 Å². The molecule has 0 spiro atoms. The van der Waals surface area contributed by atoms with Crippen LogP contribution in [0.1, 0.15) is 86.0 Å². The van der Waals surface area contributed by atoms with Gasteiger partial charge in [0.15, 0.2) is 5.78 Å². The van der Waals surface area contributed by atoms with Crippen molar-refractivity contribution in [2.45, 2.75) is 104 Å². The molecule has 9 atom stereocenters. The van der Waals surface area contributed by atoms with E-state index in [2.05, 4.69) is 6.92 Å². The summed E-state index contributed by atoms with van der Waals surface area (Å²) < 4.78 is 11.0. The van der Waals surface area contributed by atoms with Gasteiger partial charge in [-0.3, -0.25) is 14.4 Å². The zero-order valence-corrected chi connectivity index (χ0v) is 19.6. The normalized spacial score (nSPS) is 47.5. The van der Waals surface area contributed by atoms with Gasteiger partial charge in [0.2, 0.25) is 0 Å². The molecule has 4 rings (SSSR count).